The number of hydrogen-bond acceptors (Lipinski definition) is 4. The van der Waals surface area contributed by atoms with Crippen LogP contribution in [0.4, 0.5) is 0 Å². The van der Waals surface area contributed by atoms with Gasteiger partial charge in [-0.3, -0.25) is 4.98 Å². The molecule has 2 rings (SSSR count). The van der Waals surface area contributed by atoms with Crippen LogP contribution in [-0.4, -0.2) is 28.4 Å². The van der Waals surface area contributed by atoms with Crippen molar-refractivity contribution < 1.29 is 14.4 Å². The van der Waals surface area contributed by atoms with Gasteiger partial charge in [0.2, 0.25) is 0 Å². The second-order valence-corrected chi connectivity index (χ2v) is 5.46. The summed E-state index contributed by atoms with van der Waals surface area (Å²) in [7, 11) is -0.539. The van der Waals surface area contributed by atoms with E-state index in [0.717, 1.165) is 0 Å². The highest BCUT2D eigenvalue weighted by Gasteiger charge is 2.52. The summed E-state index contributed by atoms with van der Waals surface area (Å²) < 4.78 is 11.9. The van der Waals surface area contributed by atoms with Crippen molar-refractivity contribution in [2.75, 3.05) is 0 Å². The molecule has 4 nitrogen and oxygen atoms in total. The number of rotatable bonds is 2. The molecule has 1 aromatic rings. The SMILES string of the molecule is C=Cc1ncc(O)cc1B1OC(C)(C)C(C)(C)O1. The molecule has 1 aliphatic rings. The fourth-order valence-electron chi connectivity index (χ4n) is 1.81. The van der Waals surface area contributed by atoms with E-state index >= 15 is 0 Å². The Bertz CT molecular complexity index is 469. The van der Waals surface area contributed by atoms with Crippen molar-refractivity contribution >= 4 is 18.7 Å². The summed E-state index contributed by atoms with van der Waals surface area (Å²) in [5.74, 6) is 0.0883. The van der Waals surface area contributed by atoms with Crippen molar-refractivity contribution in [3.8, 4) is 5.75 Å². The van der Waals surface area contributed by atoms with Crippen molar-refractivity contribution in [2.45, 2.75) is 38.9 Å². The van der Waals surface area contributed by atoms with Gasteiger partial charge in [0.15, 0.2) is 0 Å². The third kappa shape index (κ3) is 2.04. The number of pyridine rings is 1. The molecule has 0 bridgehead atoms. The van der Waals surface area contributed by atoms with Crippen LogP contribution in [0.15, 0.2) is 18.8 Å². The summed E-state index contributed by atoms with van der Waals surface area (Å²) in [4.78, 5) is 4.11. The Morgan fingerprint density at radius 1 is 1.28 bits per heavy atom. The zero-order chi connectivity index (χ0) is 13.6. The van der Waals surface area contributed by atoms with Gasteiger partial charge in [0.25, 0.3) is 0 Å². The van der Waals surface area contributed by atoms with E-state index < -0.39 is 18.3 Å². The Morgan fingerprint density at radius 2 is 1.83 bits per heavy atom. The number of aromatic nitrogens is 1. The molecule has 0 radical (unpaired) electrons. The first-order valence-corrected chi connectivity index (χ1v) is 5.94. The van der Waals surface area contributed by atoms with Gasteiger partial charge in [-0.2, -0.15) is 0 Å². The number of aromatic hydroxyl groups is 1. The molecule has 2 heterocycles. The lowest BCUT2D eigenvalue weighted by atomic mass is 9.77. The average molecular weight is 247 g/mol. The molecule has 0 amide bonds. The highest BCUT2D eigenvalue weighted by molar-refractivity contribution is 6.63. The standard InChI is InChI=1S/C13H18BNO3/c1-6-11-10(7-9(16)8-15-11)14-17-12(2,3)13(4,5)18-14/h6-8,16H,1H2,2-5H3. The largest absolute Gasteiger partial charge is 0.506 e. The molecule has 18 heavy (non-hydrogen) atoms. The Balaban J connectivity index is 2.40. The maximum absolute atomic E-state index is 9.55. The van der Waals surface area contributed by atoms with Gasteiger partial charge in [-0.1, -0.05) is 6.58 Å². The molecule has 0 spiro atoms. The Morgan fingerprint density at radius 3 is 2.33 bits per heavy atom. The van der Waals surface area contributed by atoms with Gasteiger partial charge in [-0.15, -0.1) is 0 Å². The number of nitrogens with zero attached hydrogens (tertiary/aromatic N) is 1. The first kappa shape index (κ1) is 13.1. The van der Waals surface area contributed by atoms with E-state index in [1.165, 1.54) is 6.20 Å². The molecule has 1 fully saturated rings. The zero-order valence-electron chi connectivity index (χ0n) is 11.2. The summed E-state index contributed by atoms with van der Waals surface area (Å²) in [6.45, 7) is 11.6. The summed E-state index contributed by atoms with van der Waals surface area (Å²) in [6, 6.07) is 1.60. The first-order chi connectivity index (χ1) is 8.27. The van der Waals surface area contributed by atoms with Crippen LogP contribution in [0.5, 0.6) is 5.75 Å². The van der Waals surface area contributed by atoms with Crippen molar-refractivity contribution in [3.05, 3.63) is 24.5 Å². The molecular weight excluding hydrogens is 229 g/mol. The fourth-order valence-corrected chi connectivity index (χ4v) is 1.81. The number of hydrogen-bond donors (Lipinski definition) is 1. The van der Waals surface area contributed by atoms with E-state index in [2.05, 4.69) is 11.6 Å². The maximum Gasteiger partial charge on any atom is 0.497 e. The second-order valence-electron chi connectivity index (χ2n) is 5.46. The molecule has 0 aromatic carbocycles. The molecule has 96 valence electrons. The summed E-state index contributed by atoms with van der Waals surface area (Å²) in [5, 5.41) is 9.55. The van der Waals surface area contributed by atoms with Gasteiger partial charge in [-0.05, 0) is 39.8 Å². The van der Waals surface area contributed by atoms with Crippen LogP contribution in [0, 0.1) is 0 Å². The van der Waals surface area contributed by atoms with Crippen LogP contribution in [-0.2, 0) is 9.31 Å². The van der Waals surface area contributed by atoms with Gasteiger partial charge >= 0.3 is 7.12 Å². The normalized spacial score (nSPS) is 21.0. The van der Waals surface area contributed by atoms with E-state index in [-0.39, 0.29) is 5.75 Å². The van der Waals surface area contributed by atoms with E-state index in [0.29, 0.717) is 11.2 Å². The molecule has 1 saturated heterocycles. The predicted octanol–water partition coefficient (Wildman–Crippen LogP) is 1.73. The van der Waals surface area contributed by atoms with Crippen molar-refractivity contribution in [3.63, 3.8) is 0 Å². The Labute approximate surface area is 108 Å². The van der Waals surface area contributed by atoms with Gasteiger partial charge in [0.1, 0.15) is 5.75 Å². The summed E-state index contributed by atoms with van der Waals surface area (Å²) in [5.41, 5.74) is 0.526. The lowest BCUT2D eigenvalue weighted by molar-refractivity contribution is 0.00578. The minimum atomic E-state index is -0.539. The minimum Gasteiger partial charge on any atom is -0.506 e. The van der Waals surface area contributed by atoms with Crippen LogP contribution in [0.2, 0.25) is 0 Å². The topological polar surface area (TPSA) is 51.6 Å². The predicted molar refractivity (Wildman–Crippen MR) is 71.7 cm³/mol. The molecule has 0 atom stereocenters. The van der Waals surface area contributed by atoms with Gasteiger partial charge in [0.05, 0.1) is 23.1 Å². The zero-order valence-corrected chi connectivity index (χ0v) is 11.2. The van der Waals surface area contributed by atoms with Gasteiger partial charge in [0, 0.05) is 5.46 Å². The molecule has 0 unspecified atom stereocenters. The van der Waals surface area contributed by atoms with Crippen LogP contribution in [0.3, 0.4) is 0 Å². The third-order valence-electron chi connectivity index (χ3n) is 3.64. The lowest BCUT2D eigenvalue weighted by Crippen LogP contribution is -2.41. The molecule has 5 heteroatoms. The lowest BCUT2D eigenvalue weighted by Gasteiger charge is -2.32. The van der Waals surface area contributed by atoms with Crippen LogP contribution >= 0.6 is 0 Å². The van der Waals surface area contributed by atoms with Crippen LogP contribution < -0.4 is 5.46 Å². The van der Waals surface area contributed by atoms with Gasteiger partial charge < -0.3 is 14.4 Å². The smallest absolute Gasteiger partial charge is 0.497 e. The molecule has 0 aliphatic carbocycles. The second kappa shape index (κ2) is 4.11. The van der Waals surface area contributed by atoms with Crippen molar-refractivity contribution in [2.24, 2.45) is 0 Å². The van der Waals surface area contributed by atoms with Crippen LogP contribution in [0.1, 0.15) is 33.4 Å². The molecule has 1 aromatic heterocycles. The van der Waals surface area contributed by atoms with E-state index in [9.17, 15) is 5.11 Å². The quantitative estimate of drug-likeness (QED) is 0.808. The molecule has 1 N–H and O–H groups in total. The monoisotopic (exact) mass is 247 g/mol. The minimum absolute atomic E-state index is 0.0883. The highest BCUT2D eigenvalue weighted by Crippen LogP contribution is 2.36. The highest BCUT2D eigenvalue weighted by atomic mass is 16.7. The third-order valence-corrected chi connectivity index (χ3v) is 3.64. The van der Waals surface area contributed by atoms with E-state index in [1.807, 2.05) is 27.7 Å². The summed E-state index contributed by atoms with van der Waals surface area (Å²) in [6.07, 6.45) is 3.01. The fraction of sp³-hybridized carbons (Fsp3) is 0.462. The molecular formula is C13H18BNO3. The Hall–Kier alpha value is -1.33. The van der Waals surface area contributed by atoms with E-state index in [4.69, 9.17) is 9.31 Å². The first-order valence-electron chi connectivity index (χ1n) is 5.94. The Kier molecular flexibility index (Phi) is 2.99. The van der Waals surface area contributed by atoms with E-state index in [1.54, 1.807) is 12.1 Å². The average Bonchev–Trinajstić information content (AvgIpc) is 2.48. The molecule has 1 aliphatic heterocycles. The van der Waals surface area contributed by atoms with Gasteiger partial charge in [-0.25, -0.2) is 0 Å². The van der Waals surface area contributed by atoms with Crippen molar-refractivity contribution in [1.82, 2.24) is 4.98 Å². The van der Waals surface area contributed by atoms with Crippen LogP contribution in [0.25, 0.3) is 6.08 Å². The molecule has 0 saturated carbocycles. The maximum atomic E-state index is 9.55. The summed E-state index contributed by atoms with van der Waals surface area (Å²) >= 11 is 0. The van der Waals surface area contributed by atoms with Crippen molar-refractivity contribution in [1.29, 1.82) is 0 Å².